The molecule has 0 saturated carbocycles. The fourth-order valence-electron chi connectivity index (χ4n) is 3.53. The predicted octanol–water partition coefficient (Wildman–Crippen LogP) is 6.01. The highest BCUT2D eigenvalue weighted by Crippen LogP contribution is 2.31. The van der Waals surface area contributed by atoms with Crippen LogP contribution in [0.3, 0.4) is 0 Å². The number of pyridine rings is 1. The first-order chi connectivity index (χ1) is 13.5. The predicted molar refractivity (Wildman–Crippen MR) is 116 cm³/mol. The zero-order valence-corrected chi connectivity index (χ0v) is 17.1. The summed E-state index contributed by atoms with van der Waals surface area (Å²) in [5, 5.41) is 4.39. The summed E-state index contributed by atoms with van der Waals surface area (Å²) in [5.74, 6) is 0.320. The third-order valence-corrected chi connectivity index (χ3v) is 5.20. The molecule has 0 aliphatic heterocycles. The number of benzene rings is 2. The van der Waals surface area contributed by atoms with E-state index >= 15 is 0 Å². The number of fused-ring (bicyclic) bond motifs is 1. The van der Waals surface area contributed by atoms with Gasteiger partial charge >= 0.3 is 0 Å². The van der Waals surface area contributed by atoms with Gasteiger partial charge in [-0.25, -0.2) is 13.8 Å². The Balaban J connectivity index is 0.00000240. The van der Waals surface area contributed by atoms with Gasteiger partial charge in [0.25, 0.3) is 0 Å². The molecular weight excluding hydrogens is 392 g/mol. The van der Waals surface area contributed by atoms with Crippen LogP contribution < -0.4 is 5.32 Å². The first-order valence-electron chi connectivity index (χ1n) is 9.20. The van der Waals surface area contributed by atoms with Crippen LogP contribution in [0, 0.1) is 25.5 Å². The molecule has 1 N–H and O–H groups in total. The Labute approximate surface area is 174 Å². The second-order valence-corrected chi connectivity index (χ2v) is 6.92. The van der Waals surface area contributed by atoms with Crippen molar-refractivity contribution in [2.75, 3.05) is 5.32 Å². The van der Waals surface area contributed by atoms with Crippen LogP contribution in [0.5, 0.6) is 0 Å². The largest absolute Gasteiger partial charge is 0.365 e. The van der Waals surface area contributed by atoms with Gasteiger partial charge in [-0.3, -0.25) is 0 Å². The lowest BCUT2D eigenvalue weighted by molar-refractivity contribution is 0.600. The summed E-state index contributed by atoms with van der Waals surface area (Å²) < 4.78 is 29.4. The van der Waals surface area contributed by atoms with E-state index < -0.39 is 0 Å². The van der Waals surface area contributed by atoms with E-state index in [1.54, 1.807) is 24.4 Å². The van der Waals surface area contributed by atoms with Crippen molar-refractivity contribution >= 4 is 29.1 Å². The van der Waals surface area contributed by atoms with Crippen LogP contribution in [0.4, 0.5) is 14.6 Å². The quantitative estimate of drug-likeness (QED) is 0.434. The Morgan fingerprint density at radius 3 is 2.41 bits per heavy atom. The third kappa shape index (κ3) is 4.10. The molecule has 4 rings (SSSR count). The molecule has 0 spiro atoms. The van der Waals surface area contributed by atoms with Gasteiger partial charge in [0.1, 0.15) is 17.5 Å². The highest BCUT2D eigenvalue weighted by Gasteiger charge is 2.16. The standard InChI is InChI=1S/C23H21F2N3.ClH/c1-15-16(2)28(14-18-5-3-4-6-20(18)25)21-11-12-26-23(22(15)21)27-13-17-7-9-19(24)10-8-17;/h3-12H,13-14H2,1-2H3,(H,26,27);1H. The van der Waals surface area contributed by atoms with Crippen molar-refractivity contribution in [3.63, 3.8) is 0 Å². The minimum atomic E-state index is -0.249. The lowest BCUT2D eigenvalue weighted by Crippen LogP contribution is -2.04. The molecule has 2 heterocycles. The second-order valence-electron chi connectivity index (χ2n) is 6.92. The highest BCUT2D eigenvalue weighted by atomic mass is 35.5. The Morgan fingerprint density at radius 1 is 0.966 bits per heavy atom. The number of halogens is 3. The normalized spacial score (nSPS) is 10.8. The molecule has 29 heavy (non-hydrogen) atoms. The molecule has 0 bridgehead atoms. The van der Waals surface area contributed by atoms with Crippen LogP contribution in [0.25, 0.3) is 10.9 Å². The van der Waals surface area contributed by atoms with Crippen molar-refractivity contribution in [1.29, 1.82) is 0 Å². The molecule has 2 aromatic heterocycles. The Morgan fingerprint density at radius 2 is 1.69 bits per heavy atom. The van der Waals surface area contributed by atoms with Crippen LogP contribution in [0.2, 0.25) is 0 Å². The minimum Gasteiger partial charge on any atom is -0.365 e. The molecule has 6 heteroatoms. The molecule has 0 radical (unpaired) electrons. The van der Waals surface area contributed by atoms with E-state index in [9.17, 15) is 8.78 Å². The summed E-state index contributed by atoms with van der Waals surface area (Å²) in [6.07, 6.45) is 1.76. The molecule has 0 amide bonds. The zero-order chi connectivity index (χ0) is 19.7. The van der Waals surface area contributed by atoms with E-state index in [2.05, 4.69) is 21.8 Å². The number of nitrogens with one attached hydrogen (secondary N) is 1. The van der Waals surface area contributed by atoms with Gasteiger partial charge in [-0.1, -0.05) is 30.3 Å². The second kappa shape index (κ2) is 8.62. The molecule has 3 nitrogen and oxygen atoms in total. The average Bonchev–Trinajstić information content (AvgIpc) is 2.94. The van der Waals surface area contributed by atoms with E-state index in [0.717, 1.165) is 33.5 Å². The maximum atomic E-state index is 14.2. The molecule has 0 fully saturated rings. The summed E-state index contributed by atoms with van der Waals surface area (Å²) >= 11 is 0. The Hall–Kier alpha value is -2.92. The summed E-state index contributed by atoms with van der Waals surface area (Å²) in [5.41, 5.74) is 4.83. The first-order valence-corrected chi connectivity index (χ1v) is 9.20. The van der Waals surface area contributed by atoms with Crippen molar-refractivity contribution in [3.8, 4) is 0 Å². The first kappa shape index (κ1) is 20.8. The number of hydrogen-bond acceptors (Lipinski definition) is 2. The van der Waals surface area contributed by atoms with E-state index in [0.29, 0.717) is 18.7 Å². The van der Waals surface area contributed by atoms with Gasteiger partial charge in [-0.15, -0.1) is 12.4 Å². The third-order valence-electron chi connectivity index (χ3n) is 5.20. The summed E-state index contributed by atoms with van der Waals surface area (Å²) in [6, 6.07) is 15.2. The molecule has 150 valence electrons. The molecule has 0 saturated heterocycles. The highest BCUT2D eigenvalue weighted by molar-refractivity contribution is 5.94. The maximum absolute atomic E-state index is 14.2. The number of rotatable bonds is 5. The molecular formula is C23H22ClF2N3. The zero-order valence-electron chi connectivity index (χ0n) is 16.2. The van der Waals surface area contributed by atoms with Crippen LogP contribution in [0.15, 0.2) is 60.8 Å². The van der Waals surface area contributed by atoms with Crippen molar-refractivity contribution in [1.82, 2.24) is 9.55 Å². The molecule has 0 unspecified atom stereocenters. The Bertz CT molecular complexity index is 1140. The van der Waals surface area contributed by atoms with Gasteiger partial charge in [0.2, 0.25) is 0 Å². The summed E-state index contributed by atoms with van der Waals surface area (Å²) in [4.78, 5) is 4.51. The molecule has 0 aliphatic rings. The van der Waals surface area contributed by atoms with Gasteiger partial charge < -0.3 is 9.88 Å². The number of aryl methyl sites for hydroxylation is 1. The van der Waals surface area contributed by atoms with Crippen LogP contribution in [-0.4, -0.2) is 9.55 Å². The topological polar surface area (TPSA) is 29.9 Å². The lowest BCUT2D eigenvalue weighted by atomic mass is 10.1. The number of anilines is 1. The number of aromatic nitrogens is 2. The lowest BCUT2D eigenvalue weighted by Gasteiger charge is -2.10. The molecule has 4 aromatic rings. The van der Waals surface area contributed by atoms with Crippen molar-refractivity contribution in [2.24, 2.45) is 0 Å². The average molecular weight is 414 g/mol. The van der Waals surface area contributed by atoms with Crippen LogP contribution >= 0.6 is 12.4 Å². The number of hydrogen-bond donors (Lipinski definition) is 1. The van der Waals surface area contributed by atoms with Gasteiger partial charge in [0.05, 0.1) is 12.1 Å². The fourth-order valence-corrected chi connectivity index (χ4v) is 3.53. The van der Waals surface area contributed by atoms with Crippen molar-refractivity contribution in [2.45, 2.75) is 26.9 Å². The van der Waals surface area contributed by atoms with Gasteiger partial charge in [-0.05, 0) is 49.2 Å². The smallest absolute Gasteiger partial charge is 0.135 e. The molecule has 0 aliphatic carbocycles. The van der Waals surface area contributed by atoms with Gasteiger partial charge in [0.15, 0.2) is 0 Å². The van der Waals surface area contributed by atoms with Crippen molar-refractivity contribution < 1.29 is 8.78 Å². The van der Waals surface area contributed by atoms with E-state index in [1.165, 1.54) is 18.2 Å². The maximum Gasteiger partial charge on any atom is 0.135 e. The van der Waals surface area contributed by atoms with Crippen molar-refractivity contribution in [3.05, 3.63) is 94.8 Å². The molecule has 0 atom stereocenters. The number of nitrogens with zero attached hydrogens (tertiary/aromatic N) is 2. The fraction of sp³-hybridized carbons (Fsp3) is 0.174. The minimum absolute atomic E-state index is 0. The van der Waals surface area contributed by atoms with Crippen LogP contribution in [-0.2, 0) is 13.1 Å². The van der Waals surface area contributed by atoms with E-state index in [1.807, 2.05) is 25.1 Å². The molecule has 2 aromatic carbocycles. The van der Waals surface area contributed by atoms with E-state index in [-0.39, 0.29) is 24.0 Å². The van der Waals surface area contributed by atoms with Gasteiger partial charge in [0, 0.05) is 29.4 Å². The monoisotopic (exact) mass is 413 g/mol. The van der Waals surface area contributed by atoms with Crippen LogP contribution in [0.1, 0.15) is 22.4 Å². The summed E-state index contributed by atoms with van der Waals surface area (Å²) in [7, 11) is 0. The Kier molecular flexibility index (Phi) is 6.18. The van der Waals surface area contributed by atoms with E-state index in [4.69, 9.17) is 0 Å². The van der Waals surface area contributed by atoms with Gasteiger partial charge in [-0.2, -0.15) is 0 Å². The SMILES string of the molecule is Cc1c(C)n(Cc2ccccc2F)c2ccnc(NCc3ccc(F)cc3)c12.Cl. The summed E-state index contributed by atoms with van der Waals surface area (Å²) in [6.45, 7) is 5.10.